The van der Waals surface area contributed by atoms with E-state index in [4.69, 9.17) is 0 Å². The monoisotopic (exact) mass is 498 g/mol. The fraction of sp³-hybridized carbons (Fsp3) is 0.160. The molecule has 1 amide bonds. The highest BCUT2D eigenvalue weighted by atomic mass is 32.2. The standard InChI is InChI=1S/C25H21F3N4O2S/c26-25(27,28)34-21-14-8-7-11-19(21)16-29-23(33)17-35-24-31-30-22(15-18-9-3-1-4-10-18)32(24)20-12-5-2-6-13-20/h1-14H,15-17H2,(H,29,33). The quantitative estimate of drug-likeness (QED) is 0.323. The van der Waals surface area contributed by atoms with Crippen LogP contribution in [0.3, 0.4) is 0 Å². The maximum Gasteiger partial charge on any atom is 0.573 e. The number of nitrogens with zero attached hydrogens (tertiary/aromatic N) is 3. The largest absolute Gasteiger partial charge is 0.573 e. The number of ether oxygens (including phenoxy) is 1. The minimum Gasteiger partial charge on any atom is -0.405 e. The first-order valence-corrected chi connectivity index (χ1v) is 11.6. The summed E-state index contributed by atoms with van der Waals surface area (Å²) in [4.78, 5) is 12.5. The number of rotatable bonds is 9. The molecule has 0 saturated heterocycles. The third kappa shape index (κ3) is 6.86. The molecule has 0 saturated carbocycles. The van der Waals surface area contributed by atoms with Crippen LogP contribution in [0, 0.1) is 0 Å². The smallest absolute Gasteiger partial charge is 0.405 e. The average Bonchev–Trinajstić information content (AvgIpc) is 3.24. The van der Waals surface area contributed by atoms with Crippen LogP contribution in [-0.4, -0.2) is 32.8 Å². The van der Waals surface area contributed by atoms with Crippen molar-refractivity contribution >= 4 is 17.7 Å². The number of amides is 1. The number of hydrogen-bond donors (Lipinski definition) is 1. The van der Waals surface area contributed by atoms with E-state index < -0.39 is 6.36 Å². The Kier molecular flexibility index (Phi) is 7.71. The Bertz CT molecular complexity index is 1260. The van der Waals surface area contributed by atoms with Gasteiger partial charge in [-0.1, -0.05) is 78.5 Å². The molecule has 35 heavy (non-hydrogen) atoms. The topological polar surface area (TPSA) is 69.0 Å². The minimum atomic E-state index is -4.81. The molecule has 1 N–H and O–H groups in total. The summed E-state index contributed by atoms with van der Waals surface area (Å²) in [6.45, 7) is -0.101. The highest BCUT2D eigenvalue weighted by Crippen LogP contribution is 2.26. The summed E-state index contributed by atoms with van der Waals surface area (Å²) in [5.74, 6) is 0.0355. The van der Waals surface area contributed by atoms with E-state index in [-0.39, 0.29) is 29.5 Å². The number of aromatic nitrogens is 3. The highest BCUT2D eigenvalue weighted by Gasteiger charge is 2.32. The predicted octanol–water partition coefficient (Wildman–Crippen LogP) is 5.17. The fourth-order valence-electron chi connectivity index (χ4n) is 3.37. The fourth-order valence-corrected chi connectivity index (χ4v) is 4.17. The molecule has 0 unspecified atom stereocenters. The van der Waals surface area contributed by atoms with Gasteiger partial charge in [0.05, 0.1) is 5.75 Å². The summed E-state index contributed by atoms with van der Waals surface area (Å²) >= 11 is 1.20. The zero-order chi connectivity index (χ0) is 24.7. The number of nitrogens with one attached hydrogen (secondary N) is 1. The second-order valence-corrected chi connectivity index (χ2v) is 8.40. The summed E-state index contributed by atoms with van der Waals surface area (Å²) in [6.07, 6.45) is -4.25. The SMILES string of the molecule is O=C(CSc1nnc(Cc2ccccc2)n1-c1ccccc1)NCc1ccccc1OC(F)(F)F. The summed E-state index contributed by atoms with van der Waals surface area (Å²) < 4.78 is 43.8. The molecule has 0 spiro atoms. The van der Waals surface area contributed by atoms with Gasteiger partial charge >= 0.3 is 6.36 Å². The van der Waals surface area contributed by atoms with Crippen LogP contribution in [0.1, 0.15) is 17.0 Å². The van der Waals surface area contributed by atoms with Crippen LogP contribution >= 0.6 is 11.8 Å². The lowest BCUT2D eigenvalue weighted by Gasteiger charge is -2.13. The lowest BCUT2D eigenvalue weighted by Crippen LogP contribution is -2.26. The molecule has 1 heterocycles. The van der Waals surface area contributed by atoms with Crippen LogP contribution in [0.5, 0.6) is 5.75 Å². The summed E-state index contributed by atoms with van der Waals surface area (Å²) in [7, 11) is 0. The summed E-state index contributed by atoms with van der Waals surface area (Å²) in [6, 6.07) is 25.1. The van der Waals surface area contributed by atoms with Gasteiger partial charge in [-0.3, -0.25) is 9.36 Å². The van der Waals surface area contributed by atoms with Crippen molar-refractivity contribution in [2.45, 2.75) is 24.5 Å². The van der Waals surface area contributed by atoms with Crippen LogP contribution in [0.4, 0.5) is 13.2 Å². The van der Waals surface area contributed by atoms with E-state index in [0.717, 1.165) is 17.1 Å². The van der Waals surface area contributed by atoms with E-state index in [1.165, 1.54) is 30.0 Å². The first-order chi connectivity index (χ1) is 16.9. The van der Waals surface area contributed by atoms with E-state index in [9.17, 15) is 18.0 Å². The number of benzene rings is 3. The molecule has 1 aromatic heterocycles. The Balaban J connectivity index is 1.44. The Hall–Kier alpha value is -3.79. The zero-order valence-electron chi connectivity index (χ0n) is 18.4. The van der Waals surface area contributed by atoms with Crippen molar-refractivity contribution in [3.05, 3.63) is 102 Å². The average molecular weight is 499 g/mol. The van der Waals surface area contributed by atoms with Gasteiger partial charge in [-0.15, -0.1) is 23.4 Å². The van der Waals surface area contributed by atoms with E-state index in [1.807, 2.05) is 65.2 Å². The van der Waals surface area contributed by atoms with Gasteiger partial charge in [0.1, 0.15) is 11.6 Å². The highest BCUT2D eigenvalue weighted by molar-refractivity contribution is 7.99. The van der Waals surface area contributed by atoms with E-state index >= 15 is 0 Å². The second-order valence-electron chi connectivity index (χ2n) is 7.45. The van der Waals surface area contributed by atoms with Gasteiger partial charge < -0.3 is 10.1 Å². The number of carbonyl (C=O) groups is 1. The van der Waals surface area contributed by atoms with Crippen LogP contribution in [-0.2, 0) is 17.8 Å². The summed E-state index contributed by atoms with van der Waals surface area (Å²) in [5.41, 5.74) is 2.16. The lowest BCUT2D eigenvalue weighted by molar-refractivity contribution is -0.274. The van der Waals surface area contributed by atoms with E-state index in [1.54, 1.807) is 6.07 Å². The molecule has 4 aromatic rings. The second kappa shape index (κ2) is 11.1. The van der Waals surface area contributed by atoms with Crippen molar-refractivity contribution in [2.24, 2.45) is 0 Å². The van der Waals surface area contributed by atoms with E-state index in [2.05, 4.69) is 20.3 Å². The lowest BCUT2D eigenvalue weighted by atomic mass is 10.1. The normalized spacial score (nSPS) is 11.3. The maximum absolute atomic E-state index is 12.6. The molecule has 10 heteroatoms. The number of para-hydroxylation sites is 2. The van der Waals surface area contributed by atoms with Crippen LogP contribution in [0.25, 0.3) is 5.69 Å². The van der Waals surface area contributed by atoms with Crippen LogP contribution in [0.2, 0.25) is 0 Å². The van der Waals surface area contributed by atoms with Gasteiger partial charge in [0, 0.05) is 24.2 Å². The molecule has 0 fully saturated rings. The van der Waals surface area contributed by atoms with Gasteiger partial charge in [0.2, 0.25) is 5.91 Å². The maximum atomic E-state index is 12.6. The molecule has 0 aliphatic rings. The molecular formula is C25H21F3N4O2S. The van der Waals surface area contributed by atoms with Crippen molar-refractivity contribution in [1.82, 2.24) is 20.1 Å². The zero-order valence-corrected chi connectivity index (χ0v) is 19.2. The number of halogens is 3. The molecule has 0 radical (unpaired) electrons. The molecule has 0 bridgehead atoms. The Morgan fingerprint density at radius 2 is 1.57 bits per heavy atom. The van der Waals surface area contributed by atoms with Crippen molar-refractivity contribution < 1.29 is 22.7 Å². The Labute approximate surface area is 204 Å². The van der Waals surface area contributed by atoms with Crippen molar-refractivity contribution in [3.63, 3.8) is 0 Å². The third-order valence-corrected chi connectivity index (χ3v) is 5.86. The molecule has 0 atom stereocenters. The first kappa shape index (κ1) is 24.3. The van der Waals surface area contributed by atoms with Gasteiger partial charge in [-0.2, -0.15) is 0 Å². The molecule has 4 rings (SSSR count). The van der Waals surface area contributed by atoms with Crippen LogP contribution < -0.4 is 10.1 Å². The molecular weight excluding hydrogens is 477 g/mol. The summed E-state index contributed by atoms with van der Waals surface area (Å²) in [5, 5.41) is 11.8. The molecule has 0 aliphatic heterocycles. The van der Waals surface area contributed by atoms with E-state index in [0.29, 0.717) is 11.6 Å². The molecule has 6 nitrogen and oxygen atoms in total. The molecule has 0 aliphatic carbocycles. The van der Waals surface area contributed by atoms with Gasteiger partial charge in [0.25, 0.3) is 0 Å². The van der Waals surface area contributed by atoms with Gasteiger partial charge in [-0.05, 0) is 23.8 Å². The van der Waals surface area contributed by atoms with Crippen molar-refractivity contribution in [3.8, 4) is 11.4 Å². The minimum absolute atomic E-state index is 0.0125. The van der Waals surface area contributed by atoms with Gasteiger partial charge in [-0.25, -0.2) is 0 Å². The van der Waals surface area contributed by atoms with Crippen LogP contribution in [0.15, 0.2) is 90.1 Å². The number of thioether (sulfide) groups is 1. The Morgan fingerprint density at radius 3 is 2.29 bits per heavy atom. The molecule has 3 aromatic carbocycles. The Morgan fingerprint density at radius 1 is 0.914 bits per heavy atom. The molecule has 180 valence electrons. The number of hydrogen-bond acceptors (Lipinski definition) is 5. The first-order valence-electron chi connectivity index (χ1n) is 10.7. The predicted molar refractivity (Wildman–Crippen MR) is 126 cm³/mol. The third-order valence-electron chi connectivity index (χ3n) is 4.93. The van der Waals surface area contributed by atoms with Gasteiger partial charge in [0.15, 0.2) is 5.16 Å². The number of alkyl halides is 3. The number of carbonyl (C=O) groups excluding carboxylic acids is 1. The van der Waals surface area contributed by atoms with Crippen molar-refractivity contribution in [1.29, 1.82) is 0 Å². The van der Waals surface area contributed by atoms with Crippen molar-refractivity contribution in [2.75, 3.05) is 5.75 Å².